The van der Waals surface area contributed by atoms with Gasteiger partial charge in [0.1, 0.15) is 0 Å². The first kappa shape index (κ1) is 11.3. The zero-order valence-electron chi connectivity index (χ0n) is 10.0. The van der Waals surface area contributed by atoms with E-state index in [1.54, 1.807) is 0 Å². The normalized spacial score (nSPS) is 24.6. The van der Waals surface area contributed by atoms with Crippen LogP contribution in [0, 0.1) is 0 Å². The fraction of sp³-hybridized carbons (Fsp3) is 0.429. The molecule has 2 N–H and O–H groups in total. The zero-order valence-corrected chi connectivity index (χ0v) is 11.6. The van der Waals surface area contributed by atoms with Gasteiger partial charge in [0.25, 0.3) is 0 Å². The van der Waals surface area contributed by atoms with Crippen molar-refractivity contribution in [2.24, 2.45) is 0 Å². The van der Waals surface area contributed by atoms with E-state index in [2.05, 4.69) is 57.6 Å². The summed E-state index contributed by atoms with van der Waals surface area (Å²) in [6, 6.07) is 6.42. The van der Waals surface area contributed by atoms with Gasteiger partial charge >= 0.3 is 0 Å². The van der Waals surface area contributed by atoms with Gasteiger partial charge in [-0.15, -0.1) is 0 Å². The largest absolute Gasteiger partial charge is 0.361 e. The van der Waals surface area contributed by atoms with Crippen LogP contribution in [-0.2, 0) is 6.42 Å². The summed E-state index contributed by atoms with van der Waals surface area (Å²) in [5.41, 5.74) is 2.92. The van der Waals surface area contributed by atoms with Crippen LogP contribution in [0.4, 0.5) is 0 Å². The fourth-order valence-electron chi connectivity index (χ4n) is 2.83. The lowest BCUT2D eigenvalue weighted by molar-refractivity contribution is 0.414. The van der Waals surface area contributed by atoms with Crippen molar-refractivity contribution in [3.63, 3.8) is 0 Å². The lowest BCUT2D eigenvalue weighted by Crippen LogP contribution is -2.38. The van der Waals surface area contributed by atoms with Crippen LogP contribution in [0.5, 0.6) is 0 Å². The highest BCUT2D eigenvalue weighted by Gasteiger charge is 2.28. The molecular weight excluding hydrogens is 276 g/mol. The predicted molar refractivity (Wildman–Crippen MR) is 75.3 cm³/mol. The highest BCUT2D eigenvalue weighted by Crippen LogP contribution is 2.29. The molecule has 2 aromatic rings. The molecule has 90 valence electrons. The van der Waals surface area contributed by atoms with Crippen LogP contribution in [0.15, 0.2) is 28.9 Å². The fourth-order valence-corrected chi connectivity index (χ4v) is 3.19. The van der Waals surface area contributed by atoms with Gasteiger partial charge in [0, 0.05) is 27.1 Å². The number of halogens is 1. The Morgan fingerprint density at radius 1 is 1.41 bits per heavy atom. The lowest BCUT2D eigenvalue weighted by atomic mass is 9.91. The maximum absolute atomic E-state index is 3.62. The number of hydrogen-bond acceptors (Lipinski definition) is 1. The molecule has 3 heteroatoms. The quantitative estimate of drug-likeness (QED) is 0.869. The topological polar surface area (TPSA) is 27.8 Å². The summed E-state index contributed by atoms with van der Waals surface area (Å²) in [4.78, 5) is 3.36. The second-order valence-corrected chi connectivity index (χ2v) is 6.19. The standard InChI is InChI=1S/C14H17BrN2/c1-14(5-2-6-17-14)8-10-9-16-13-4-3-11(15)7-12(10)13/h3-4,7,9,16-17H,2,5-6,8H2,1H3/t14-/m1/s1. The number of aromatic nitrogens is 1. The Labute approximate surface area is 110 Å². The molecule has 1 aliphatic rings. The van der Waals surface area contributed by atoms with Crippen molar-refractivity contribution in [2.75, 3.05) is 6.54 Å². The van der Waals surface area contributed by atoms with Crippen molar-refractivity contribution in [1.29, 1.82) is 0 Å². The summed E-state index contributed by atoms with van der Waals surface area (Å²) in [5, 5.41) is 4.97. The Morgan fingerprint density at radius 3 is 3.06 bits per heavy atom. The Bertz CT molecular complexity index is 538. The van der Waals surface area contributed by atoms with Crippen LogP contribution in [0.25, 0.3) is 10.9 Å². The van der Waals surface area contributed by atoms with Gasteiger partial charge < -0.3 is 10.3 Å². The number of rotatable bonds is 2. The first-order valence-corrected chi connectivity index (χ1v) is 6.96. The molecule has 0 amide bonds. The SMILES string of the molecule is C[C@]1(Cc2c[nH]c3ccc(Br)cc23)CCCN1. The molecule has 0 bridgehead atoms. The van der Waals surface area contributed by atoms with Crippen molar-refractivity contribution < 1.29 is 0 Å². The molecule has 1 saturated heterocycles. The molecule has 0 saturated carbocycles. The molecule has 1 atom stereocenters. The van der Waals surface area contributed by atoms with E-state index >= 15 is 0 Å². The Balaban J connectivity index is 1.97. The average molecular weight is 293 g/mol. The van der Waals surface area contributed by atoms with Gasteiger partial charge in [-0.05, 0) is 56.5 Å². The smallest absolute Gasteiger partial charge is 0.0457 e. The van der Waals surface area contributed by atoms with Crippen LogP contribution >= 0.6 is 15.9 Å². The number of fused-ring (bicyclic) bond motifs is 1. The average Bonchev–Trinajstić information content (AvgIpc) is 2.87. The van der Waals surface area contributed by atoms with Gasteiger partial charge in [-0.2, -0.15) is 0 Å². The lowest BCUT2D eigenvalue weighted by Gasteiger charge is -2.23. The van der Waals surface area contributed by atoms with Crippen LogP contribution < -0.4 is 5.32 Å². The summed E-state index contributed by atoms with van der Waals surface area (Å²) < 4.78 is 1.15. The van der Waals surface area contributed by atoms with E-state index in [0.29, 0.717) is 0 Å². The van der Waals surface area contributed by atoms with Gasteiger partial charge in [-0.3, -0.25) is 0 Å². The number of H-pyrrole nitrogens is 1. The van der Waals surface area contributed by atoms with Gasteiger partial charge in [0.15, 0.2) is 0 Å². The van der Waals surface area contributed by atoms with E-state index in [4.69, 9.17) is 0 Å². The first-order chi connectivity index (χ1) is 8.16. The van der Waals surface area contributed by atoms with Crippen LogP contribution in [0.2, 0.25) is 0 Å². The van der Waals surface area contributed by atoms with Crippen LogP contribution in [0.1, 0.15) is 25.3 Å². The second-order valence-electron chi connectivity index (χ2n) is 5.27. The molecule has 0 radical (unpaired) electrons. The maximum atomic E-state index is 3.62. The predicted octanol–water partition coefficient (Wildman–Crippen LogP) is 3.62. The highest BCUT2D eigenvalue weighted by atomic mass is 79.9. The molecule has 17 heavy (non-hydrogen) atoms. The summed E-state index contributed by atoms with van der Waals surface area (Å²) in [5.74, 6) is 0. The van der Waals surface area contributed by atoms with Gasteiger partial charge in [0.05, 0.1) is 0 Å². The first-order valence-electron chi connectivity index (χ1n) is 6.17. The summed E-state index contributed by atoms with van der Waals surface area (Å²) in [7, 11) is 0. The molecule has 1 aromatic carbocycles. The van der Waals surface area contributed by atoms with Crippen molar-refractivity contribution in [1.82, 2.24) is 10.3 Å². The third kappa shape index (κ3) is 2.14. The molecule has 2 heterocycles. The minimum atomic E-state index is 0.275. The maximum Gasteiger partial charge on any atom is 0.0457 e. The van der Waals surface area contributed by atoms with E-state index in [0.717, 1.165) is 17.4 Å². The molecule has 1 aliphatic heterocycles. The van der Waals surface area contributed by atoms with Gasteiger partial charge in [0.2, 0.25) is 0 Å². The van der Waals surface area contributed by atoms with Crippen LogP contribution in [0.3, 0.4) is 0 Å². The van der Waals surface area contributed by atoms with Crippen LogP contribution in [-0.4, -0.2) is 17.1 Å². The van der Waals surface area contributed by atoms with E-state index in [9.17, 15) is 0 Å². The van der Waals surface area contributed by atoms with Crippen molar-refractivity contribution in [2.45, 2.75) is 31.7 Å². The minimum absolute atomic E-state index is 0.275. The monoisotopic (exact) mass is 292 g/mol. The Kier molecular flexibility index (Phi) is 2.75. The van der Waals surface area contributed by atoms with Crippen molar-refractivity contribution in [3.05, 3.63) is 34.4 Å². The van der Waals surface area contributed by atoms with E-state index in [-0.39, 0.29) is 5.54 Å². The van der Waals surface area contributed by atoms with E-state index in [1.165, 1.54) is 29.3 Å². The number of aromatic amines is 1. The molecular formula is C14H17BrN2. The summed E-state index contributed by atoms with van der Waals surface area (Å²) >= 11 is 3.55. The summed E-state index contributed by atoms with van der Waals surface area (Å²) in [6.07, 6.45) is 5.82. The van der Waals surface area contributed by atoms with E-state index < -0.39 is 0 Å². The number of benzene rings is 1. The Hall–Kier alpha value is -0.800. The summed E-state index contributed by atoms with van der Waals surface area (Å²) in [6.45, 7) is 3.49. The second kappa shape index (κ2) is 4.14. The molecule has 0 aliphatic carbocycles. The van der Waals surface area contributed by atoms with Crippen molar-refractivity contribution in [3.8, 4) is 0 Å². The number of nitrogens with one attached hydrogen (secondary N) is 2. The molecule has 1 fully saturated rings. The molecule has 0 spiro atoms. The highest BCUT2D eigenvalue weighted by molar-refractivity contribution is 9.10. The Morgan fingerprint density at radius 2 is 2.29 bits per heavy atom. The van der Waals surface area contributed by atoms with Gasteiger partial charge in [-0.1, -0.05) is 15.9 Å². The minimum Gasteiger partial charge on any atom is -0.361 e. The van der Waals surface area contributed by atoms with E-state index in [1.807, 2.05) is 0 Å². The van der Waals surface area contributed by atoms with Crippen molar-refractivity contribution >= 4 is 26.8 Å². The zero-order chi connectivity index (χ0) is 11.9. The molecule has 0 unspecified atom stereocenters. The van der Waals surface area contributed by atoms with Gasteiger partial charge in [-0.25, -0.2) is 0 Å². The molecule has 2 nitrogen and oxygen atoms in total. The molecule has 3 rings (SSSR count). The third-order valence-electron chi connectivity index (χ3n) is 3.77. The third-order valence-corrected chi connectivity index (χ3v) is 4.26. The molecule has 1 aromatic heterocycles. The number of hydrogen-bond donors (Lipinski definition) is 2.